The van der Waals surface area contributed by atoms with Gasteiger partial charge >= 0.3 is 6.18 Å². The van der Waals surface area contributed by atoms with Crippen molar-refractivity contribution in [2.24, 2.45) is 0 Å². The quantitative estimate of drug-likeness (QED) is 0.784. The number of benzene rings is 1. The van der Waals surface area contributed by atoms with Gasteiger partial charge in [-0.3, -0.25) is 0 Å². The van der Waals surface area contributed by atoms with Crippen LogP contribution in [-0.4, -0.2) is 0 Å². The molecule has 0 aliphatic rings. The fourth-order valence-corrected chi connectivity index (χ4v) is 2.48. The van der Waals surface area contributed by atoms with E-state index in [0.717, 1.165) is 6.42 Å². The molecule has 1 aromatic carbocycles. The molecular formula is C14H20F3N. The summed E-state index contributed by atoms with van der Waals surface area (Å²) in [5.41, 5.74) is 5.52. The Bertz CT molecular complexity index is 433. The normalized spacial score (nSPS) is 12.8. The molecule has 0 aliphatic heterocycles. The number of nitrogens with two attached hydrogens (primary N) is 1. The molecule has 1 rings (SSSR count). The highest BCUT2D eigenvalue weighted by Crippen LogP contribution is 2.42. The maximum atomic E-state index is 13.2. The highest BCUT2D eigenvalue weighted by atomic mass is 19.4. The van der Waals surface area contributed by atoms with Crippen LogP contribution in [0.2, 0.25) is 0 Å². The molecular weight excluding hydrogens is 239 g/mol. The third-order valence-electron chi connectivity index (χ3n) is 3.25. The number of nitrogen functional groups attached to an aromatic ring is 1. The summed E-state index contributed by atoms with van der Waals surface area (Å²) in [5, 5.41) is 0. The van der Waals surface area contributed by atoms with E-state index in [9.17, 15) is 13.2 Å². The summed E-state index contributed by atoms with van der Waals surface area (Å²) in [6.07, 6.45) is -2.81. The van der Waals surface area contributed by atoms with E-state index in [-0.39, 0.29) is 5.56 Å². The monoisotopic (exact) mass is 259 g/mol. The molecule has 1 aromatic rings. The second-order valence-corrected chi connectivity index (χ2v) is 5.39. The van der Waals surface area contributed by atoms with Crippen molar-refractivity contribution in [3.05, 3.63) is 28.8 Å². The molecule has 1 nitrogen and oxygen atoms in total. The molecule has 0 fully saturated rings. The summed E-state index contributed by atoms with van der Waals surface area (Å²) in [7, 11) is 0. The van der Waals surface area contributed by atoms with Gasteiger partial charge in [0.1, 0.15) is 0 Å². The predicted molar refractivity (Wildman–Crippen MR) is 68.5 cm³/mol. The fraction of sp³-hybridized carbons (Fsp3) is 0.571. The highest BCUT2D eigenvalue weighted by Gasteiger charge is 2.39. The average Bonchev–Trinajstić information content (AvgIpc) is 2.13. The van der Waals surface area contributed by atoms with Crippen LogP contribution in [0.15, 0.2) is 12.1 Å². The Morgan fingerprint density at radius 2 is 1.72 bits per heavy atom. The van der Waals surface area contributed by atoms with Crippen LogP contribution in [0.3, 0.4) is 0 Å². The summed E-state index contributed by atoms with van der Waals surface area (Å²) in [5.74, 6) is 0. The molecule has 0 saturated carbocycles. The SMILES string of the molecule is CCCC(C)(C)c1cc(N)cc(C)c1C(F)(F)F. The Labute approximate surface area is 106 Å². The van der Waals surface area contributed by atoms with Gasteiger partial charge in [0.2, 0.25) is 0 Å². The Balaban J connectivity index is 3.51. The van der Waals surface area contributed by atoms with Crippen LogP contribution in [-0.2, 0) is 11.6 Å². The van der Waals surface area contributed by atoms with Gasteiger partial charge in [0.15, 0.2) is 0 Å². The third kappa shape index (κ3) is 2.98. The first-order valence-corrected chi connectivity index (χ1v) is 6.07. The molecule has 102 valence electrons. The molecule has 0 aliphatic carbocycles. The molecule has 0 amide bonds. The van der Waals surface area contributed by atoms with Gasteiger partial charge < -0.3 is 5.73 Å². The molecule has 0 heterocycles. The van der Waals surface area contributed by atoms with Crippen LogP contribution >= 0.6 is 0 Å². The van der Waals surface area contributed by atoms with Crippen molar-refractivity contribution in [2.75, 3.05) is 5.73 Å². The number of hydrogen-bond donors (Lipinski definition) is 1. The summed E-state index contributed by atoms with van der Waals surface area (Å²) in [6, 6.07) is 2.85. The fourth-order valence-electron chi connectivity index (χ4n) is 2.48. The van der Waals surface area contributed by atoms with E-state index in [2.05, 4.69) is 0 Å². The minimum atomic E-state index is -4.34. The molecule has 0 spiro atoms. The second-order valence-electron chi connectivity index (χ2n) is 5.39. The van der Waals surface area contributed by atoms with Crippen LogP contribution in [0.25, 0.3) is 0 Å². The average molecular weight is 259 g/mol. The Kier molecular flexibility index (Phi) is 3.99. The van der Waals surface area contributed by atoms with E-state index >= 15 is 0 Å². The topological polar surface area (TPSA) is 26.0 Å². The van der Waals surface area contributed by atoms with Crippen LogP contribution < -0.4 is 5.73 Å². The maximum absolute atomic E-state index is 13.2. The third-order valence-corrected chi connectivity index (χ3v) is 3.25. The summed E-state index contributed by atoms with van der Waals surface area (Å²) in [4.78, 5) is 0. The standard InChI is InChI=1S/C14H20F3N/c1-5-6-13(3,4)11-8-10(18)7-9(2)12(11)14(15,16)17/h7-8H,5-6,18H2,1-4H3. The largest absolute Gasteiger partial charge is 0.416 e. The smallest absolute Gasteiger partial charge is 0.399 e. The van der Waals surface area contributed by atoms with Crippen LogP contribution in [0.4, 0.5) is 18.9 Å². The van der Waals surface area contributed by atoms with Crippen molar-refractivity contribution in [1.29, 1.82) is 0 Å². The van der Waals surface area contributed by atoms with Crippen molar-refractivity contribution in [2.45, 2.75) is 52.1 Å². The number of aryl methyl sites for hydroxylation is 1. The van der Waals surface area contributed by atoms with Gasteiger partial charge in [0.05, 0.1) is 5.56 Å². The minimum absolute atomic E-state index is 0.196. The van der Waals surface area contributed by atoms with Gasteiger partial charge in [0, 0.05) is 5.69 Å². The van der Waals surface area contributed by atoms with E-state index in [1.807, 2.05) is 20.8 Å². The van der Waals surface area contributed by atoms with Crippen molar-refractivity contribution in [1.82, 2.24) is 0 Å². The van der Waals surface area contributed by atoms with Crippen molar-refractivity contribution in [3.8, 4) is 0 Å². The number of rotatable bonds is 3. The first-order valence-electron chi connectivity index (χ1n) is 6.07. The Morgan fingerprint density at radius 1 is 1.17 bits per heavy atom. The first-order chi connectivity index (χ1) is 8.09. The Morgan fingerprint density at radius 3 is 2.17 bits per heavy atom. The van der Waals surface area contributed by atoms with Crippen LogP contribution in [0.1, 0.15) is 50.3 Å². The molecule has 0 atom stereocenters. The van der Waals surface area contributed by atoms with Crippen LogP contribution in [0, 0.1) is 6.92 Å². The summed E-state index contributed by atoms with van der Waals surface area (Å²) in [6.45, 7) is 7.10. The molecule has 18 heavy (non-hydrogen) atoms. The van der Waals surface area contributed by atoms with Crippen LogP contribution in [0.5, 0.6) is 0 Å². The van der Waals surface area contributed by atoms with Gasteiger partial charge in [0.25, 0.3) is 0 Å². The van der Waals surface area contributed by atoms with Gasteiger partial charge in [-0.15, -0.1) is 0 Å². The second kappa shape index (κ2) is 4.82. The molecule has 0 saturated heterocycles. The van der Waals surface area contributed by atoms with E-state index < -0.39 is 17.2 Å². The van der Waals surface area contributed by atoms with Gasteiger partial charge in [-0.05, 0) is 42.0 Å². The van der Waals surface area contributed by atoms with Crippen molar-refractivity contribution >= 4 is 5.69 Å². The summed E-state index contributed by atoms with van der Waals surface area (Å²) >= 11 is 0. The lowest BCUT2D eigenvalue weighted by Gasteiger charge is -2.29. The van der Waals surface area contributed by atoms with Gasteiger partial charge in [-0.1, -0.05) is 27.2 Å². The Hall–Kier alpha value is -1.19. The predicted octanol–water partition coefficient (Wildman–Crippen LogP) is 4.67. The van der Waals surface area contributed by atoms with Gasteiger partial charge in [-0.2, -0.15) is 13.2 Å². The number of hydrogen-bond acceptors (Lipinski definition) is 1. The van der Waals surface area contributed by atoms with E-state index in [0.29, 0.717) is 17.7 Å². The highest BCUT2D eigenvalue weighted by molar-refractivity contribution is 5.52. The lowest BCUT2D eigenvalue weighted by atomic mass is 9.77. The first kappa shape index (κ1) is 14.9. The zero-order valence-corrected chi connectivity index (χ0v) is 11.3. The van der Waals surface area contributed by atoms with E-state index in [1.54, 1.807) is 0 Å². The van der Waals surface area contributed by atoms with Crippen molar-refractivity contribution in [3.63, 3.8) is 0 Å². The number of anilines is 1. The van der Waals surface area contributed by atoms with E-state index in [1.165, 1.54) is 19.1 Å². The van der Waals surface area contributed by atoms with Gasteiger partial charge in [-0.25, -0.2) is 0 Å². The molecule has 2 N–H and O–H groups in total. The van der Waals surface area contributed by atoms with E-state index in [4.69, 9.17) is 5.73 Å². The lowest BCUT2D eigenvalue weighted by molar-refractivity contribution is -0.139. The van der Waals surface area contributed by atoms with Crippen molar-refractivity contribution < 1.29 is 13.2 Å². The zero-order chi connectivity index (χ0) is 14.1. The number of alkyl halides is 3. The minimum Gasteiger partial charge on any atom is -0.399 e. The number of halogens is 3. The molecule has 0 bridgehead atoms. The molecule has 0 aromatic heterocycles. The summed E-state index contributed by atoms with van der Waals surface area (Å²) < 4.78 is 39.5. The molecule has 4 heteroatoms. The zero-order valence-electron chi connectivity index (χ0n) is 11.3. The maximum Gasteiger partial charge on any atom is 0.416 e. The molecule has 0 radical (unpaired) electrons. The molecule has 0 unspecified atom stereocenters. The lowest BCUT2D eigenvalue weighted by Crippen LogP contribution is -2.24.